The summed E-state index contributed by atoms with van der Waals surface area (Å²) < 4.78 is 0. The van der Waals surface area contributed by atoms with E-state index in [9.17, 15) is 0 Å². The van der Waals surface area contributed by atoms with Gasteiger partial charge in [0.05, 0.1) is 0 Å². The summed E-state index contributed by atoms with van der Waals surface area (Å²) in [5, 5.41) is 0. The third-order valence-corrected chi connectivity index (χ3v) is 1.56. The lowest BCUT2D eigenvalue weighted by atomic mass is 10.0. The Morgan fingerprint density at radius 1 is 1.62 bits per heavy atom. The number of hydrogen-bond acceptors (Lipinski definition) is 0. The molecule has 0 aliphatic heterocycles. The molecule has 0 aromatic rings. The summed E-state index contributed by atoms with van der Waals surface area (Å²) in [5.74, 6) is 1.65. The summed E-state index contributed by atoms with van der Waals surface area (Å²) in [6, 6.07) is 0. The van der Waals surface area contributed by atoms with Gasteiger partial charge in [0.1, 0.15) is 0 Å². The first-order chi connectivity index (χ1) is 3.93. The molecule has 0 bridgehead atoms. The molecule has 0 heterocycles. The summed E-state index contributed by atoms with van der Waals surface area (Å²) >= 11 is 0. The zero-order valence-electron chi connectivity index (χ0n) is 5.48. The van der Waals surface area contributed by atoms with Crippen LogP contribution in [0.25, 0.3) is 0 Å². The average Bonchev–Trinajstić information content (AvgIpc) is 2.19. The van der Waals surface area contributed by atoms with E-state index >= 15 is 0 Å². The Morgan fingerprint density at radius 3 is 3.00 bits per heavy atom. The largest absolute Gasteiger partial charge is 0.0879 e. The normalized spacial score (nSPS) is 20.1. The first-order valence-corrected chi connectivity index (χ1v) is 3.44. The topological polar surface area (TPSA) is 0 Å². The van der Waals surface area contributed by atoms with Gasteiger partial charge in [-0.05, 0) is 25.2 Å². The van der Waals surface area contributed by atoms with Crippen molar-refractivity contribution < 1.29 is 0 Å². The Kier molecular flexibility index (Phi) is 2.13. The van der Waals surface area contributed by atoms with E-state index in [0.29, 0.717) is 0 Å². The summed E-state index contributed by atoms with van der Waals surface area (Å²) in [4.78, 5) is 0. The molecule has 8 heavy (non-hydrogen) atoms. The smallest absolute Gasteiger partial charge is 0.00244 e. The van der Waals surface area contributed by atoms with Crippen LogP contribution in [0.4, 0.5) is 0 Å². The molecule has 45 valence electrons. The molecule has 1 aliphatic carbocycles. The van der Waals surface area contributed by atoms with Crippen LogP contribution in [0.3, 0.4) is 0 Å². The van der Waals surface area contributed by atoms with Crippen molar-refractivity contribution in [1.29, 1.82) is 0 Å². The minimum Gasteiger partial charge on any atom is -0.0879 e. The SMILES string of the molecule is CCC[C]1C=CCC1. The fraction of sp³-hybridized carbons (Fsp3) is 0.625. The highest BCUT2D eigenvalue weighted by molar-refractivity contribution is 5.15. The van der Waals surface area contributed by atoms with Gasteiger partial charge in [-0.2, -0.15) is 0 Å². The molecule has 0 heteroatoms. The fourth-order valence-corrected chi connectivity index (χ4v) is 1.13. The van der Waals surface area contributed by atoms with Crippen LogP contribution in [0, 0.1) is 5.92 Å². The van der Waals surface area contributed by atoms with Gasteiger partial charge in [-0.1, -0.05) is 25.5 Å². The van der Waals surface area contributed by atoms with Gasteiger partial charge in [-0.15, -0.1) is 0 Å². The van der Waals surface area contributed by atoms with E-state index in [1.165, 1.54) is 25.7 Å². The Bertz CT molecular complexity index is 82.0. The first kappa shape index (κ1) is 5.87. The molecule has 0 aromatic carbocycles. The second-order valence-electron chi connectivity index (χ2n) is 2.35. The van der Waals surface area contributed by atoms with Gasteiger partial charge in [0, 0.05) is 0 Å². The second kappa shape index (κ2) is 2.91. The van der Waals surface area contributed by atoms with E-state index in [1.54, 1.807) is 5.92 Å². The molecule has 1 rings (SSSR count). The van der Waals surface area contributed by atoms with Crippen molar-refractivity contribution >= 4 is 0 Å². The molecular weight excluding hydrogens is 96.1 g/mol. The van der Waals surface area contributed by atoms with Crippen LogP contribution < -0.4 is 0 Å². The van der Waals surface area contributed by atoms with Gasteiger partial charge >= 0.3 is 0 Å². The van der Waals surface area contributed by atoms with E-state index in [4.69, 9.17) is 0 Å². The zero-order chi connectivity index (χ0) is 5.82. The predicted octanol–water partition coefficient (Wildman–Crippen LogP) is 2.71. The molecule has 0 unspecified atom stereocenters. The van der Waals surface area contributed by atoms with Crippen LogP contribution >= 0.6 is 0 Å². The van der Waals surface area contributed by atoms with Crippen LogP contribution in [0.2, 0.25) is 0 Å². The molecule has 0 aromatic heterocycles. The quantitative estimate of drug-likeness (QED) is 0.511. The van der Waals surface area contributed by atoms with Crippen LogP contribution in [-0.4, -0.2) is 0 Å². The molecule has 1 aliphatic rings. The van der Waals surface area contributed by atoms with Crippen molar-refractivity contribution in [3.63, 3.8) is 0 Å². The lowest BCUT2D eigenvalue weighted by Gasteiger charge is -2.00. The van der Waals surface area contributed by atoms with Crippen molar-refractivity contribution in [2.24, 2.45) is 0 Å². The maximum absolute atomic E-state index is 2.28. The number of allylic oxidation sites excluding steroid dienone is 2. The van der Waals surface area contributed by atoms with Gasteiger partial charge in [-0.25, -0.2) is 0 Å². The van der Waals surface area contributed by atoms with Gasteiger partial charge < -0.3 is 0 Å². The van der Waals surface area contributed by atoms with Gasteiger partial charge in [-0.3, -0.25) is 0 Å². The van der Waals surface area contributed by atoms with Crippen molar-refractivity contribution in [3.8, 4) is 0 Å². The Balaban J connectivity index is 2.16. The molecule has 0 spiro atoms. The second-order valence-corrected chi connectivity index (χ2v) is 2.35. The molecule has 0 saturated heterocycles. The summed E-state index contributed by atoms with van der Waals surface area (Å²) in [6.07, 6.45) is 9.79. The third kappa shape index (κ3) is 1.36. The van der Waals surface area contributed by atoms with Crippen LogP contribution in [0.1, 0.15) is 32.6 Å². The zero-order valence-corrected chi connectivity index (χ0v) is 5.48. The molecule has 0 nitrogen and oxygen atoms in total. The van der Waals surface area contributed by atoms with E-state index in [-0.39, 0.29) is 0 Å². The molecular formula is C8H13. The molecule has 0 N–H and O–H groups in total. The Hall–Kier alpha value is -0.260. The number of hydrogen-bond donors (Lipinski definition) is 0. The highest BCUT2D eigenvalue weighted by Gasteiger charge is 2.06. The maximum atomic E-state index is 2.28. The summed E-state index contributed by atoms with van der Waals surface area (Å²) in [6.45, 7) is 2.24. The molecule has 0 saturated carbocycles. The molecule has 0 amide bonds. The van der Waals surface area contributed by atoms with Crippen LogP contribution in [0.5, 0.6) is 0 Å². The standard InChI is InChI=1S/C8H13/c1-2-5-8-6-3-4-7-8/h3,6H,2,4-5,7H2,1H3. The monoisotopic (exact) mass is 109 g/mol. The molecule has 1 radical (unpaired) electrons. The third-order valence-electron chi connectivity index (χ3n) is 1.56. The average molecular weight is 109 g/mol. The minimum absolute atomic E-state index is 1.29. The Labute approximate surface area is 51.6 Å². The highest BCUT2D eigenvalue weighted by atomic mass is 14.1. The van der Waals surface area contributed by atoms with Crippen molar-refractivity contribution in [2.45, 2.75) is 32.6 Å². The van der Waals surface area contributed by atoms with E-state index in [0.717, 1.165) is 0 Å². The maximum Gasteiger partial charge on any atom is -0.00244 e. The van der Waals surface area contributed by atoms with Crippen LogP contribution in [-0.2, 0) is 0 Å². The van der Waals surface area contributed by atoms with Gasteiger partial charge in [0.15, 0.2) is 0 Å². The minimum atomic E-state index is 1.29. The van der Waals surface area contributed by atoms with E-state index in [2.05, 4.69) is 19.1 Å². The van der Waals surface area contributed by atoms with Gasteiger partial charge in [0.25, 0.3) is 0 Å². The molecule has 0 atom stereocenters. The van der Waals surface area contributed by atoms with Crippen molar-refractivity contribution in [3.05, 3.63) is 18.1 Å². The van der Waals surface area contributed by atoms with Crippen LogP contribution in [0.15, 0.2) is 12.2 Å². The first-order valence-electron chi connectivity index (χ1n) is 3.44. The highest BCUT2D eigenvalue weighted by Crippen LogP contribution is 2.23. The summed E-state index contributed by atoms with van der Waals surface area (Å²) in [7, 11) is 0. The van der Waals surface area contributed by atoms with Crippen molar-refractivity contribution in [2.75, 3.05) is 0 Å². The predicted molar refractivity (Wildman–Crippen MR) is 36.5 cm³/mol. The van der Waals surface area contributed by atoms with Gasteiger partial charge in [0.2, 0.25) is 0 Å². The fourth-order valence-electron chi connectivity index (χ4n) is 1.13. The lowest BCUT2D eigenvalue weighted by molar-refractivity contribution is 0.782. The number of rotatable bonds is 2. The van der Waals surface area contributed by atoms with E-state index < -0.39 is 0 Å². The summed E-state index contributed by atoms with van der Waals surface area (Å²) in [5.41, 5.74) is 0. The van der Waals surface area contributed by atoms with Crippen molar-refractivity contribution in [1.82, 2.24) is 0 Å². The van der Waals surface area contributed by atoms with E-state index in [1.807, 2.05) is 0 Å². The Morgan fingerprint density at radius 2 is 2.50 bits per heavy atom. The molecule has 0 fully saturated rings. The lowest BCUT2D eigenvalue weighted by Crippen LogP contribution is -1.85.